The van der Waals surface area contributed by atoms with Crippen LogP contribution >= 0.6 is 0 Å². The fourth-order valence-electron chi connectivity index (χ4n) is 2.47. The third kappa shape index (κ3) is 3.30. The number of aromatic hydroxyl groups is 1. The van der Waals surface area contributed by atoms with Gasteiger partial charge in [-0.1, -0.05) is 43.3 Å². The van der Waals surface area contributed by atoms with Crippen molar-refractivity contribution in [3.63, 3.8) is 0 Å². The first-order valence-electron chi connectivity index (χ1n) is 7.91. The van der Waals surface area contributed by atoms with Crippen molar-refractivity contribution in [2.45, 2.75) is 19.8 Å². The highest BCUT2D eigenvalue weighted by molar-refractivity contribution is 6.07. The van der Waals surface area contributed by atoms with Crippen LogP contribution in [0.5, 0.6) is 5.75 Å². The molecule has 0 bridgehead atoms. The molecule has 1 N–H and O–H groups in total. The maximum atomic E-state index is 12.5. The predicted octanol–water partition coefficient (Wildman–Crippen LogP) is 3.24. The number of ketones is 1. The zero-order valence-corrected chi connectivity index (χ0v) is 14.2. The van der Waals surface area contributed by atoms with E-state index < -0.39 is 4.92 Å². The van der Waals surface area contributed by atoms with Crippen LogP contribution in [0.2, 0.25) is 0 Å². The number of phenols is 1. The molecule has 0 spiro atoms. The molecule has 1 aromatic heterocycles. The Hall–Kier alpha value is -3.55. The minimum Gasteiger partial charge on any atom is -0.505 e. The van der Waals surface area contributed by atoms with Crippen molar-refractivity contribution < 1.29 is 14.8 Å². The number of rotatable bonds is 5. The molecule has 0 aliphatic rings. The largest absolute Gasteiger partial charge is 0.505 e. The SMILES string of the molecule is CC(C)c1ccc(C(=O)c2cn(-c3ccc([N+](=O)[O-])cc3O)nn2)cc1. The van der Waals surface area contributed by atoms with Gasteiger partial charge in [-0.25, -0.2) is 4.68 Å². The van der Waals surface area contributed by atoms with Crippen LogP contribution in [-0.4, -0.2) is 30.8 Å². The molecule has 0 saturated heterocycles. The second kappa shape index (κ2) is 6.75. The van der Waals surface area contributed by atoms with Gasteiger partial charge in [-0.15, -0.1) is 5.10 Å². The number of nitro groups is 1. The van der Waals surface area contributed by atoms with Crippen molar-refractivity contribution in [1.29, 1.82) is 0 Å². The Balaban J connectivity index is 1.87. The summed E-state index contributed by atoms with van der Waals surface area (Å²) in [6, 6.07) is 10.9. The number of benzene rings is 2. The Morgan fingerprint density at radius 3 is 2.46 bits per heavy atom. The fourth-order valence-corrected chi connectivity index (χ4v) is 2.47. The Kier molecular flexibility index (Phi) is 4.49. The molecule has 8 heteroatoms. The molecule has 8 nitrogen and oxygen atoms in total. The lowest BCUT2D eigenvalue weighted by Gasteiger charge is -2.05. The average molecular weight is 352 g/mol. The van der Waals surface area contributed by atoms with Crippen LogP contribution in [0.4, 0.5) is 5.69 Å². The summed E-state index contributed by atoms with van der Waals surface area (Å²) in [7, 11) is 0. The number of nitrogens with zero attached hydrogens (tertiary/aromatic N) is 4. The van der Waals surface area contributed by atoms with Crippen molar-refractivity contribution in [2.24, 2.45) is 0 Å². The molecule has 3 aromatic rings. The number of carbonyl (C=O) groups excluding carboxylic acids is 1. The van der Waals surface area contributed by atoms with Crippen LogP contribution < -0.4 is 0 Å². The van der Waals surface area contributed by atoms with E-state index in [1.165, 1.54) is 23.0 Å². The summed E-state index contributed by atoms with van der Waals surface area (Å²) in [6.45, 7) is 4.14. The number of hydrogen-bond acceptors (Lipinski definition) is 6. The second-order valence-electron chi connectivity index (χ2n) is 6.08. The van der Waals surface area contributed by atoms with Crippen molar-refractivity contribution in [3.8, 4) is 11.4 Å². The zero-order valence-electron chi connectivity index (χ0n) is 14.2. The molecule has 1 heterocycles. The predicted molar refractivity (Wildman–Crippen MR) is 93.6 cm³/mol. The normalized spacial score (nSPS) is 10.9. The highest BCUT2D eigenvalue weighted by Gasteiger charge is 2.17. The highest BCUT2D eigenvalue weighted by atomic mass is 16.6. The van der Waals surface area contributed by atoms with Crippen molar-refractivity contribution in [3.05, 3.63) is 75.6 Å². The minimum atomic E-state index is -0.611. The summed E-state index contributed by atoms with van der Waals surface area (Å²) in [5.74, 6) is -0.262. The second-order valence-corrected chi connectivity index (χ2v) is 6.08. The third-order valence-electron chi connectivity index (χ3n) is 3.98. The Bertz CT molecular complexity index is 977. The molecule has 0 fully saturated rings. The summed E-state index contributed by atoms with van der Waals surface area (Å²) in [5.41, 5.74) is 1.67. The molecule has 0 radical (unpaired) electrons. The molecule has 132 valence electrons. The van der Waals surface area contributed by atoms with Crippen molar-refractivity contribution in [2.75, 3.05) is 0 Å². The lowest BCUT2D eigenvalue weighted by Crippen LogP contribution is -2.02. The monoisotopic (exact) mass is 352 g/mol. The lowest BCUT2D eigenvalue weighted by atomic mass is 10.00. The van der Waals surface area contributed by atoms with Crippen LogP contribution in [0.25, 0.3) is 5.69 Å². The molecule has 0 unspecified atom stereocenters. The lowest BCUT2D eigenvalue weighted by molar-refractivity contribution is -0.384. The van der Waals surface area contributed by atoms with Gasteiger partial charge in [-0.2, -0.15) is 0 Å². The van der Waals surface area contributed by atoms with Gasteiger partial charge in [-0.3, -0.25) is 14.9 Å². The van der Waals surface area contributed by atoms with E-state index in [0.717, 1.165) is 11.6 Å². The maximum absolute atomic E-state index is 12.5. The zero-order chi connectivity index (χ0) is 18.8. The van der Waals surface area contributed by atoms with E-state index >= 15 is 0 Å². The standard InChI is InChI=1S/C18H16N4O4/c1-11(2)12-3-5-13(6-4-12)18(24)15-10-21(20-19-15)16-8-7-14(22(25)26)9-17(16)23/h3-11,23H,1-2H3. The maximum Gasteiger partial charge on any atom is 0.273 e. The van der Waals surface area contributed by atoms with Gasteiger partial charge in [0.25, 0.3) is 5.69 Å². The summed E-state index contributed by atoms with van der Waals surface area (Å²) >= 11 is 0. The number of carbonyl (C=O) groups is 1. The Morgan fingerprint density at radius 1 is 1.19 bits per heavy atom. The molecular formula is C18H16N4O4. The number of nitro benzene ring substituents is 1. The van der Waals surface area contributed by atoms with Crippen LogP contribution in [0.15, 0.2) is 48.7 Å². The molecule has 3 rings (SSSR count). The first kappa shape index (κ1) is 17.3. The van der Waals surface area contributed by atoms with Gasteiger partial charge in [0.05, 0.1) is 17.2 Å². The van der Waals surface area contributed by atoms with Crippen LogP contribution in [0.3, 0.4) is 0 Å². The highest BCUT2D eigenvalue weighted by Crippen LogP contribution is 2.26. The van der Waals surface area contributed by atoms with Gasteiger partial charge >= 0.3 is 0 Å². The van der Waals surface area contributed by atoms with Crippen molar-refractivity contribution >= 4 is 11.5 Å². The third-order valence-corrected chi connectivity index (χ3v) is 3.98. The molecular weight excluding hydrogens is 336 g/mol. The molecule has 0 atom stereocenters. The van der Waals surface area contributed by atoms with Crippen LogP contribution in [-0.2, 0) is 0 Å². The molecule has 0 aliphatic carbocycles. The van der Waals surface area contributed by atoms with Gasteiger partial charge in [0.2, 0.25) is 5.78 Å². The number of non-ortho nitro benzene ring substituents is 1. The van der Waals surface area contributed by atoms with E-state index in [4.69, 9.17) is 0 Å². The molecule has 26 heavy (non-hydrogen) atoms. The number of hydrogen-bond donors (Lipinski definition) is 1. The summed E-state index contributed by atoms with van der Waals surface area (Å²) in [4.78, 5) is 22.7. The van der Waals surface area contributed by atoms with E-state index in [9.17, 15) is 20.0 Å². The molecule has 0 saturated carbocycles. The van der Waals surface area contributed by atoms with Gasteiger partial charge in [0, 0.05) is 11.6 Å². The summed E-state index contributed by atoms with van der Waals surface area (Å²) in [6.07, 6.45) is 1.37. The van der Waals surface area contributed by atoms with E-state index in [1.807, 2.05) is 12.1 Å². The smallest absolute Gasteiger partial charge is 0.273 e. The Morgan fingerprint density at radius 2 is 1.88 bits per heavy atom. The first-order chi connectivity index (χ1) is 12.4. The molecule has 2 aromatic carbocycles. The molecule has 0 amide bonds. The summed E-state index contributed by atoms with van der Waals surface area (Å²) in [5, 5.41) is 28.4. The van der Waals surface area contributed by atoms with Crippen LogP contribution in [0.1, 0.15) is 41.4 Å². The number of phenolic OH excluding ortho intramolecular Hbond substituents is 1. The molecule has 0 aliphatic heterocycles. The van der Waals surface area contributed by atoms with Gasteiger partial charge in [0.15, 0.2) is 5.69 Å². The van der Waals surface area contributed by atoms with Crippen LogP contribution in [0, 0.1) is 10.1 Å². The first-order valence-corrected chi connectivity index (χ1v) is 7.91. The van der Waals surface area contributed by atoms with E-state index in [0.29, 0.717) is 11.5 Å². The fraction of sp³-hybridized carbons (Fsp3) is 0.167. The van der Waals surface area contributed by atoms with Crippen molar-refractivity contribution in [1.82, 2.24) is 15.0 Å². The van der Waals surface area contributed by atoms with Gasteiger partial charge in [0.1, 0.15) is 11.4 Å². The minimum absolute atomic E-state index is 0.111. The van der Waals surface area contributed by atoms with E-state index in [-0.39, 0.29) is 28.6 Å². The number of aromatic nitrogens is 3. The summed E-state index contributed by atoms with van der Waals surface area (Å²) < 4.78 is 1.20. The van der Waals surface area contributed by atoms with Gasteiger partial charge in [-0.05, 0) is 17.5 Å². The Labute approximate surface area is 148 Å². The van der Waals surface area contributed by atoms with Gasteiger partial charge < -0.3 is 5.11 Å². The van der Waals surface area contributed by atoms with E-state index in [2.05, 4.69) is 24.2 Å². The quantitative estimate of drug-likeness (QED) is 0.429. The van der Waals surface area contributed by atoms with E-state index in [1.54, 1.807) is 12.1 Å². The average Bonchev–Trinajstić information content (AvgIpc) is 3.10. The topological polar surface area (TPSA) is 111 Å².